The highest BCUT2D eigenvalue weighted by Gasteiger charge is 2.30. The first kappa shape index (κ1) is 7.33. The predicted octanol–water partition coefficient (Wildman–Crippen LogP) is 1.03. The molecular formula is C10H13N3. The maximum Gasteiger partial charge on any atom is 0.0562 e. The lowest BCUT2D eigenvalue weighted by Crippen LogP contribution is -2.31. The molecule has 68 valence electrons. The fraction of sp³-hybridized carbons (Fsp3) is 0.500. The van der Waals surface area contributed by atoms with E-state index in [2.05, 4.69) is 21.6 Å². The van der Waals surface area contributed by atoms with Crippen LogP contribution >= 0.6 is 0 Å². The SMILES string of the molecule is C1=C(c2cn[nH]c2)C2CNCC1C2. The Morgan fingerprint density at radius 2 is 2.38 bits per heavy atom. The highest BCUT2D eigenvalue weighted by Crippen LogP contribution is 2.38. The molecule has 2 heterocycles. The van der Waals surface area contributed by atoms with Crippen molar-refractivity contribution in [3.63, 3.8) is 0 Å². The Balaban J connectivity index is 1.96. The van der Waals surface area contributed by atoms with Crippen LogP contribution in [0.1, 0.15) is 12.0 Å². The van der Waals surface area contributed by atoms with E-state index in [0.29, 0.717) is 0 Å². The maximum absolute atomic E-state index is 3.99. The van der Waals surface area contributed by atoms with Crippen LogP contribution in [0.15, 0.2) is 18.5 Å². The third-order valence-electron chi connectivity index (χ3n) is 3.07. The first-order chi connectivity index (χ1) is 6.43. The van der Waals surface area contributed by atoms with Crippen LogP contribution in [0.3, 0.4) is 0 Å². The summed E-state index contributed by atoms with van der Waals surface area (Å²) >= 11 is 0. The molecule has 0 amide bonds. The molecule has 1 aromatic heterocycles. The molecule has 1 aliphatic carbocycles. The summed E-state index contributed by atoms with van der Waals surface area (Å²) in [6, 6.07) is 0. The highest BCUT2D eigenvalue weighted by atomic mass is 15.1. The summed E-state index contributed by atoms with van der Waals surface area (Å²) < 4.78 is 0. The monoisotopic (exact) mass is 175 g/mol. The summed E-state index contributed by atoms with van der Waals surface area (Å²) in [5.74, 6) is 1.47. The second-order valence-electron chi connectivity index (χ2n) is 3.96. The summed E-state index contributed by atoms with van der Waals surface area (Å²) in [7, 11) is 0. The minimum Gasteiger partial charge on any atom is -0.316 e. The Hall–Kier alpha value is -1.09. The van der Waals surface area contributed by atoms with Crippen molar-refractivity contribution in [1.82, 2.24) is 15.5 Å². The molecule has 1 fully saturated rings. The van der Waals surface area contributed by atoms with E-state index in [4.69, 9.17) is 0 Å². The van der Waals surface area contributed by atoms with Gasteiger partial charge < -0.3 is 5.32 Å². The Bertz CT molecular complexity index is 326. The summed E-state index contributed by atoms with van der Waals surface area (Å²) in [5, 5.41) is 10.3. The van der Waals surface area contributed by atoms with Crippen molar-refractivity contribution in [2.75, 3.05) is 13.1 Å². The molecule has 2 bridgehead atoms. The molecule has 13 heavy (non-hydrogen) atoms. The number of H-pyrrole nitrogens is 1. The molecule has 1 aromatic rings. The fourth-order valence-corrected chi connectivity index (χ4v) is 2.47. The van der Waals surface area contributed by atoms with E-state index in [1.54, 1.807) is 0 Å². The molecule has 1 saturated heterocycles. The van der Waals surface area contributed by atoms with Crippen LogP contribution in [-0.2, 0) is 0 Å². The molecule has 2 unspecified atom stereocenters. The van der Waals surface area contributed by atoms with E-state index >= 15 is 0 Å². The quantitative estimate of drug-likeness (QED) is 0.669. The van der Waals surface area contributed by atoms with Crippen molar-refractivity contribution in [2.24, 2.45) is 11.8 Å². The first-order valence-electron chi connectivity index (χ1n) is 4.85. The molecule has 0 spiro atoms. The van der Waals surface area contributed by atoms with E-state index in [9.17, 15) is 0 Å². The summed E-state index contributed by atoms with van der Waals surface area (Å²) in [6.07, 6.45) is 7.65. The van der Waals surface area contributed by atoms with Gasteiger partial charge in [-0.15, -0.1) is 0 Å². The normalized spacial score (nSPS) is 31.8. The maximum atomic E-state index is 3.99. The van der Waals surface area contributed by atoms with Crippen LogP contribution in [0.25, 0.3) is 5.57 Å². The van der Waals surface area contributed by atoms with Gasteiger partial charge in [-0.3, -0.25) is 5.10 Å². The van der Waals surface area contributed by atoms with Gasteiger partial charge in [-0.2, -0.15) is 5.10 Å². The van der Waals surface area contributed by atoms with Crippen molar-refractivity contribution in [1.29, 1.82) is 0 Å². The van der Waals surface area contributed by atoms with Crippen molar-refractivity contribution >= 4 is 5.57 Å². The molecule has 2 N–H and O–H groups in total. The second kappa shape index (κ2) is 2.70. The van der Waals surface area contributed by atoms with Gasteiger partial charge in [0.25, 0.3) is 0 Å². The van der Waals surface area contributed by atoms with Gasteiger partial charge in [-0.1, -0.05) is 6.08 Å². The van der Waals surface area contributed by atoms with E-state index in [0.717, 1.165) is 24.9 Å². The molecule has 2 aliphatic rings. The van der Waals surface area contributed by atoms with Crippen LogP contribution in [0, 0.1) is 11.8 Å². The molecule has 0 saturated carbocycles. The van der Waals surface area contributed by atoms with Gasteiger partial charge in [0.05, 0.1) is 6.20 Å². The van der Waals surface area contributed by atoms with E-state index < -0.39 is 0 Å². The zero-order valence-corrected chi connectivity index (χ0v) is 7.46. The van der Waals surface area contributed by atoms with Crippen molar-refractivity contribution in [3.8, 4) is 0 Å². The second-order valence-corrected chi connectivity index (χ2v) is 3.96. The Labute approximate surface area is 77.2 Å². The summed E-state index contributed by atoms with van der Waals surface area (Å²) in [4.78, 5) is 0. The lowest BCUT2D eigenvalue weighted by molar-refractivity contribution is 0.407. The molecule has 0 radical (unpaired) electrons. The smallest absolute Gasteiger partial charge is 0.0562 e. The van der Waals surface area contributed by atoms with Crippen LogP contribution in [0.2, 0.25) is 0 Å². The number of rotatable bonds is 1. The van der Waals surface area contributed by atoms with Gasteiger partial charge in [-0.25, -0.2) is 0 Å². The molecule has 2 atom stereocenters. The first-order valence-corrected chi connectivity index (χ1v) is 4.85. The van der Waals surface area contributed by atoms with E-state index in [-0.39, 0.29) is 0 Å². The number of fused-ring (bicyclic) bond motifs is 2. The van der Waals surface area contributed by atoms with Gasteiger partial charge in [0.1, 0.15) is 0 Å². The lowest BCUT2D eigenvalue weighted by Gasteiger charge is -2.21. The predicted molar refractivity (Wildman–Crippen MR) is 51.0 cm³/mol. The van der Waals surface area contributed by atoms with Crippen molar-refractivity contribution < 1.29 is 0 Å². The van der Waals surface area contributed by atoms with Gasteiger partial charge in [0.15, 0.2) is 0 Å². The molecular weight excluding hydrogens is 162 g/mol. The molecule has 3 heteroatoms. The Morgan fingerprint density at radius 3 is 3.15 bits per heavy atom. The molecule has 3 rings (SSSR count). The topological polar surface area (TPSA) is 40.7 Å². The number of nitrogens with one attached hydrogen (secondary N) is 2. The molecule has 1 aliphatic heterocycles. The zero-order valence-electron chi connectivity index (χ0n) is 7.46. The lowest BCUT2D eigenvalue weighted by atomic mass is 9.94. The van der Waals surface area contributed by atoms with Gasteiger partial charge >= 0.3 is 0 Å². The number of piperidine rings is 1. The fourth-order valence-electron chi connectivity index (χ4n) is 2.47. The van der Waals surface area contributed by atoms with Crippen LogP contribution in [0.4, 0.5) is 0 Å². The number of hydrogen-bond acceptors (Lipinski definition) is 2. The van der Waals surface area contributed by atoms with Gasteiger partial charge in [0.2, 0.25) is 0 Å². The summed E-state index contributed by atoms with van der Waals surface area (Å²) in [6.45, 7) is 2.28. The Morgan fingerprint density at radius 1 is 1.38 bits per heavy atom. The minimum absolute atomic E-state index is 0.719. The Kier molecular flexibility index (Phi) is 1.52. The average molecular weight is 175 g/mol. The van der Waals surface area contributed by atoms with Crippen molar-refractivity contribution in [3.05, 3.63) is 24.0 Å². The number of hydrogen-bond donors (Lipinski definition) is 2. The van der Waals surface area contributed by atoms with Crippen LogP contribution < -0.4 is 5.32 Å². The average Bonchev–Trinajstić information content (AvgIpc) is 2.74. The third kappa shape index (κ3) is 1.11. The number of aromatic nitrogens is 2. The highest BCUT2D eigenvalue weighted by molar-refractivity contribution is 5.69. The number of nitrogens with zero attached hydrogens (tertiary/aromatic N) is 1. The zero-order chi connectivity index (χ0) is 8.67. The van der Waals surface area contributed by atoms with Gasteiger partial charge in [0, 0.05) is 24.8 Å². The molecule has 3 nitrogen and oxygen atoms in total. The number of aromatic amines is 1. The van der Waals surface area contributed by atoms with Crippen LogP contribution in [0.5, 0.6) is 0 Å². The minimum atomic E-state index is 0.719. The molecule has 0 aromatic carbocycles. The van der Waals surface area contributed by atoms with Crippen molar-refractivity contribution in [2.45, 2.75) is 6.42 Å². The third-order valence-corrected chi connectivity index (χ3v) is 3.07. The van der Waals surface area contributed by atoms with E-state index in [1.165, 1.54) is 17.6 Å². The summed E-state index contributed by atoms with van der Waals surface area (Å²) in [5.41, 5.74) is 2.76. The van der Waals surface area contributed by atoms with Gasteiger partial charge in [-0.05, 0) is 23.8 Å². The van der Waals surface area contributed by atoms with E-state index in [1.807, 2.05) is 12.4 Å². The largest absolute Gasteiger partial charge is 0.316 e. The van der Waals surface area contributed by atoms with Crippen LogP contribution in [-0.4, -0.2) is 23.3 Å². The standard InChI is InChI=1S/C10H13N3/c1-7-2-10(8(1)4-11-3-7)9-5-12-13-6-9/h2,5-8,11H,1,3-4H2,(H,12,13).